The van der Waals surface area contributed by atoms with Crippen molar-refractivity contribution in [2.24, 2.45) is 5.92 Å². The van der Waals surface area contributed by atoms with Crippen LogP contribution in [-0.2, 0) is 9.53 Å². The molecule has 0 amide bonds. The summed E-state index contributed by atoms with van der Waals surface area (Å²) < 4.78 is 5.91. The molecule has 110 valence electrons. The first-order valence-electron chi connectivity index (χ1n) is 7.06. The van der Waals surface area contributed by atoms with E-state index in [1.807, 2.05) is 24.4 Å². The maximum Gasteiger partial charge on any atom is 0.308 e. The highest BCUT2D eigenvalue weighted by Crippen LogP contribution is 2.31. The summed E-state index contributed by atoms with van der Waals surface area (Å²) in [6.45, 7) is 1.66. The van der Waals surface area contributed by atoms with Gasteiger partial charge in [-0.1, -0.05) is 28.1 Å². The van der Waals surface area contributed by atoms with Crippen molar-refractivity contribution in [1.29, 1.82) is 0 Å². The summed E-state index contributed by atoms with van der Waals surface area (Å²) in [5, 5.41) is 2.31. The van der Waals surface area contributed by atoms with E-state index < -0.39 is 0 Å². The minimum atomic E-state index is -0.0942. The number of methoxy groups -OCH3 is 1. The lowest BCUT2D eigenvalue weighted by molar-refractivity contribution is -0.146. The third-order valence-corrected chi connectivity index (χ3v) is 4.75. The quantitative estimate of drug-likeness (QED) is 0.780. The second-order valence-corrected chi connectivity index (χ2v) is 6.11. The van der Waals surface area contributed by atoms with Crippen molar-refractivity contribution in [2.75, 3.05) is 25.1 Å². The van der Waals surface area contributed by atoms with Crippen LogP contribution >= 0.6 is 15.9 Å². The lowest BCUT2D eigenvalue weighted by atomic mass is 9.96. The molecular formula is C16H17BrN2O2. The SMILES string of the molecule is COC(=O)C1CCN(c2nccc3c(Br)cccc23)CC1. The molecule has 1 aromatic heterocycles. The smallest absolute Gasteiger partial charge is 0.308 e. The van der Waals surface area contributed by atoms with Gasteiger partial charge in [0.15, 0.2) is 0 Å². The van der Waals surface area contributed by atoms with E-state index in [1.54, 1.807) is 0 Å². The van der Waals surface area contributed by atoms with E-state index in [0.29, 0.717) is 0 Å². The summed E-state index contributed by atoms with van der Waals surface area (Å²) in [7, 11) is 1.46. The predicted octanol–water partition coefficient (Wildman–Crippen LogP) is 3.39. The van der Waals surface area contributed by atoms with Gasteiger partial charge in [-0.05, 0) is 25.0 Å². The van der Waals surface area contributed by atoms with E-state index in [2.05, 4.69) is 31.9 Å². The third-order valence-electron chi connectivity index (χ3n) is 4.06. The number of carbonyl (C=O) groups excluding carboxylic acids is 1. The maximum absolute atomic E-state index is 11.6. The molecule has 0 unspecified atom stereocenters. The van der Waals surface area contributed by atoms with Gasteiger partial charge >= 0.3 is 5.97 Å². The van der Waals surface area contributed by atoms with Crippen LogP contribution in [0.15, 0.2) is 34.9 Å². The number of anilines is 1. The zero-order valence-corrected chi connectivity index (χ0v) is 13.5. The topological polar surface area (TPSA) is 42.4 Å². The normalized spacial score (nSPS) is 16.2. The molecule has 1 saturated heterocycles. The highest BCUT2D eigenvalue weighted by Gasteiger charge is 2.26. The fraction of sp³-hybridized carbons (Fsp3) is 0.375. The number of hydrogen-bond donors (Lipinski definition) is 0. The fourth-order valence-electron chi connectivity index (χ4n) is 2.90. The van der Waals surface area contributed by atoms with Gasteiger partial charge in [0.1, 0.15) is 5.82 Å². The van der Waals surface area contributed by atoms with Crippen LogP contribution in [0.4, 0.5) is 5.82 Å². The number of ether oxygens (including phenoxy) is 1. The minimum Gasteiger partial charge on any atom is -0.469 e. The molecule has 1 fully saturated rings. The van der Waals surface area contributed by atoms with Crippen LogP contribution in [0.5, 0.6) is 0 Å². The number of halogens is 1. The Hall–Kier alpha value is -1.62. The number of fused-ring (bicyclic) bond motifs is 1. The van der Waals surface area contributed by atoms with Crippen molar-refractivity contribution in [3.63, 3.8) is 0 Å². The summed E-state index contributed by atoms with van der Waals surface area (Å²) in [5.74, 6) is 0.924. The number of piperidine rings is 1. The average molecular weight is 349 g/mol. The first kappa shape index (κ1) is 14.3. The Morgan fingerprint density at radius 2 is 2.05 bits per heavy atom. The lowest BCUT2D eigenvalue weighted by Gasteiger charge is -2.32. The van der Waals surface area contributed by atoms with Crippen molar-refractivity contribution in [3.8, 4) is 0 Å². The zero-order chi connectivity index (χ0) is 14.8. The van der Waals surface area contributed by atoms with Crippen LogP contribution in [-0.4, -0.2) is 31.2 Å². The van der Waals surface area contributed by atoms with Gasteiger partial charge in [-0.25, -0.2) is 4.98 Å². The number of hydrogen-bond acceptors (Lipinski definition) is 4. The van der Waals surface area contributed by atoms with Gasteiger partial charge in [0.05, 0.1) is 13.0 Å². The summed E-state index contributed by atoms with van der Waals surface area (Å²) in [4.78, 5) is 18.4. The molecule has 0 N–H and O–H groups in total. The molecule has 1 aromatic carbocycles. The monoisotopic (exact) mass is 348 g/mol. The minimum absolute atomic E-state index is 0.0213. The second kappa shape index (κ2) is 6.02. The van der Waals surface area contributed by atoms with Crippen LogP contribution in [0.2, 0.25) is 0 Å². The van der Waals surface area contributed by atoms with E-state index in [1.165, 1.54) is 7.11 Å². The molecule has 0 saturated carbocycles. The number of aromatic nitrogens is 1. The largest absolute Gasteiger partial charge is 0.469 e. The van der Waals surface area contributed by atoms with Crippen LogP contribution in [0.25, 0.3) is 10.8 Å². The molecule has 5 heteroatoms. The first-order chi connectivity index (χ1) is 10.2. The Labute approximate surface area is 132 Å². The van der Waals surface area contributed by atoms with E-state index >= 15 is 0 Å². The first-order valence-corrected chi connectivity index (χ1v) is 7.86. The van der Waals surface area contributed by atoms with Gasteiger partial charge in [-0.2, -0.15) is 0 Å². The van der Waals surface area contributed by atoms with Gasteiger partial charge in [-0.3, -0.25) is 4.79 Å². The summed E-state index contributed by atoms with van der Waals surface area (Å²) in [5.41, 5.74) is 0. The van der Waals surface area contributed by atoms with Crippen LogP contribution in [0.3, 0.4) is 0 Å². The average Bonchev–Trinajstić information content (AvgIpc) is 2.54. The fourth-order valence-corrected chi connectivity index (χ4v) is 3.40. The molecule has 0 aliphatic carbocycles. The highest BCUT2D eigenvalue weighted by atomic mass is 79.9. The molecule has 4 nitrogen and oxygen atoms in total. The predicted molar refractivity (Wildman–Crippen MR) is 86.4 cm³/mol. The number of rotatable bonds is 2. The van der Waals surface area contributed by atoms with Gasteiger partial charge < -0.3 is 9.64 Å². The Bertz CT molecular complexity index is 666. The number of pyridine rings is 1. The third kappa shape index (κ3) is 2.75. The molecule has 1 aliphatic rings. The van der Waals surface area contributed by atoms with Crippen LogP contribution in [0.1, 0.15) is 12.8 Å². The molecule has 2 aromatic rings. The summed E-state index contributed by atoms with van der Waals surface area (Å²) >= 11 is 3.59. The van der Waals surface area contributed by atoms with Gasteiger partial charge in [0, 0.05) is 34.5 Å². The molecule has 0 spiro atoms. The Kier molecular flexibility index (Phi) is 4.10. The molecule has 0 radical (unpaired) electrons. The Morgan fingerprint density at radius 3 is 2.76 bits per heavy atom. The highest BCUT2D eigenvalue weighted by molar-refractivity contribution is 9.10. The van der Waals surface area contributed by atoms with E-state index in [9.17, 15) is 4.79 Å². The molecule has 0 bridgehead atoms. The molecular weight excluding hydrogens is 332 g/mol. The van der Waals surface area contributed by atoms with Crippen molar-refractivity contribution in [3.05, 3.63) is 34.9 Å². The standard InChI is InChI=1S/C16H17BrN2O2/c1-21-16(20)11-6-9-19(10-7-11)15-13-3-2-4-14(17)12(13)5-8-18-15/h2-5,8,11H,6-7,9-10H2,1H3. The molecule has 1 aliphatic heterocycles. The Balaban J connectivity index is 1.86. The molecule has 3 rings (SSSR count). The maximum atomic E-state index is 11.6. The van der Waals surface area contributed by atoms with Gasteiger partial charge in [0.25, 0.3) is 0 Å². The second-order valence-electron chi connectivity index (χ2n) is 5.25. The van der Waals surface area contributed by atoms with Crippen molar-refractivity contribution in [2.45, 2.75) is 12.8 Å². The van der Waals surface area contributed by atoms with Crippen molar-refractivity contribution < 1.29 is 9.53 Å². The lowest BCUT2D eigenvalue weighted by Crippen LogP contribution is -2.37. The van der Waals surface area contributed by atoms with Crippen molar-refractivity contribution in [1.82, 2.24) is 4.98 Å². The van der Waals surface area contributed by atoms with Crippen LogP contribution in [0, 0.1) is 5.92 Å². The molecule has 0 atom stereocenters. The Morgan fingerprint density at radius 1 is 1.29 bits per heavy atom. The summed E-state index contributed by atoms with van der Waals surface area (Å²) in [6, 6.07) is 8.17. The van der Waals surface area contributed by atoms with E-state index in [4.69, 9.17) is 4.74 Å². The van der Waals surface area contributed by atoms with E-state index in [0.717, 1.165) is 47.0 Å². The number of benzene rings is 1. The number of carbonyl (C=O) groups is 1. The van der Waals surface area contributed by atoms with Gasteiger partial charge in [-0.15, -0.1) is 0 Å². The van der Waals surface area contributed by atoms with E-state index in [-0.39, 0.29) is 11.9 Å². The zero-order valence-electron chi connectivity index (χ0n) is 11.9. The van der Waals surface area contributed by atoms with Crippen molar-refractivity contribution >= 4 is 38.5 Å². The summed E-state index contributed by atoms with van der Waals surface area (Å²) in [6.07, 6.45) is 3.48. The molecule has 2 heterocycles. The number of esters is 1. The molecule has 21 heavy (non-hydrogen) atoms. The number of nitrogens with zero attached hydrogens (tertiary/aromatic N) is 2. The van der Waals surface area contributed by atoms with Gasteiger partial charge in [0.2, 0.25) is 0 Å². The van der Waals surface area contributed by atoms with Crippen LogP contribution < -0.4 is 4.90 Å².